The summed E-state index contributed by atoms with van der Waals surface area (Å²) in [6.45, 7) is 0.792. The number of carbonyl (C=O) groups excluding carboxylic acids is 2. The first kappa shape index (κ1) is 17.8. The van der Waals surface area contributed by atoms with Gasteiger partial charge in [0.2, 0.25) is 11.8 Å². The van der Waals surface area contributed by atoms with Gasteiger partial charge in [0.05, 0.1) is 5.69 Å². The van der Waals surface area contributed by atoms with Crippen molar-refractivity contribution in [1.82, 2.24) is 0 Å². The number of benzene rings is 2. The van der Waals surface area contributed by atoms with Crippen molar-refractivity contribution in [2.75, 3.05) is 16.8 Å². The Bertz CT molecular complexity index is 799. The van der Waals surface area contributed by atoms with Crippen LogP contribution in [0, 0.1) is 17.5 Å². The van der Waals surface area contributed by atoms with E-state index in [2.05, 4.69) is 5.32 Å². The Labute approximate surface area is 140 Å². The normalized spacial score (nSPS) is 10.4. The highest BCUT2D eigenvalue weighted by atomic mass is 35.5. The molecule has 2 amide bonds. The van der Waals surface area contributed by atoms with E-state index in [1.807, 2.05) is 0 Å². The van der Waals surface area contributed by atoms with Gasteiger partial charge in [0.25, 0.3) is 0 Å². The molecule has 24 heavy (non-hydrogen) atoms. The maximum absolute atomic E-state index is 13.6. The second-order valence-electron chi connectivity index (χ2n) is 4.86. The van der Waals surface area contributed by atoms with Crippen molar-refractivity contribution in [3.63, 3.8) is 0 Å². The summed E-state index contributed by atoms with van der Waals surface area (Å²) in [5.41, 5.74) is -0.149. The number of halogens is 4. The van der Waals surface area contributed by atoms with Gasteiger partial charge in [-0.25, -0.2) is 13.2 Å². The molecular weight excluding hydrogens is 345 g/mol. The number of anilines is 2. The second-order valence-corrected chi connectivity index (χ2v) is 5.29. The van der Waals surface area contributed by atoms with Crippen LogP contribution in [0.3, 0.4) is 0 Å². The second kappa shape index (κ2) is 7.35. The first-order valence-corrected chi connectivity index (χ1v) is 7.14. The van der Waals surface area contributed by atoms with Crippen LogP contribution in [0.25, 0.3) is 0 Å². The van der Waals surface area contributed by atoms with Gasteiger partial charge >= 0.3 is 0 Å². The largest absolute Gasteiger partial charge is 0.322 e. The van der Waals surface area contributed by atoms with Crippen molar-refractivity contribution in [2.24, 2.45) is 0 Å². The van der Waals surface area contributed by atoms with Crippen LogP contribution in [0.5, 0.6) is 0 Å². The predicted octanol–water partition coefficient (Wildman–Crippen LogP) is 3.75. The van der Waals surface area contributed by atoms with E-state index in [1.165, 1.54) is 13.0 Å². The van der Waals surface area contributed by atoms with Gasteiger partial charge in [-0.05, 0) is 30.3 Å². The van der Waals surface area contributed by atoms with Gasteiger partial charge in [-0.3, -0.25) is 9.59 Å². The van der Waals surface area contributed by atoms with Crippen LogP contribution >= 0.6 is 11.6 Å². The van der Waals surface area contributed by atoms with Gasteiger partial charge in [0, 0.05) is 17.6 Å². The molecule has 0 aliphatic heterocycles. The lowest BCUT2D eigenvalue weighted by atomic mass is 10.2. The monoisotopic (exact) mass is 356 g/mol. The predicted molar refractivity (Wildman–Crippen MR) is 84.4 cm³/mol. The zero-order valence-electron chi connectivity index (χ0n) is 12.4. The minimum atomic E-state index is -1.69. The van der Waals surface area contributed by atoms with Crippen LogP contribution in [0.15, 0.2) is 36.4 Å². The zero-order valence-corrected chi connectivity index (χ0v) is 13.2. The summed E-state index contributed by atoms with van der Waals surface area (Å²) in [5, 5.41) is 2.47. The number of hydrogen-bond acceptors (Lipinski definition) is 2. The molecule has 4 nitrogen and oxygen atoms in total. The summed E-state index contributed by atoms with van der Waals surface area (Å²) in [5.74, 6) is -5.80. The number of carbonyl (C=O) groups is 2. The van der Waals surface area contributed by atoms with E-state index in [1.54, 1.807) is 18.2 Å². The molecular formula is C16H12ClF3N2O2. The molecule has 0 heterocycles. The first-order chi connectivity index (χ1) is 11.3. The van der Waals surface area contributed by atoms with Crippen LogP contribution < -0.4 is 10.2 Å². The fraction of sp³-hybridized carbons (Fsp3) is 0.125. The average Bonchev–Trinajstić information content (AvgIpc) is 2.53. The van der Waals surface area contributed by atoms with Crippen molar-refractivity contribution in [1.29, 1.82) is 0 Å². The number of amides is 2. The van der Waals surface area contributed by atoms with Crippen molar-refractivity contribution in [3.8, 4) is 0 Å². The molecule has 0 unspecified atom stereocenters. The van der Waals surface area contributed by atoms with Crippen molar-refractivity contribution < 1.29 is 22.8 Å². The van der Waals surface area contributed by atoms with Gasteiger partial charge in [-0.15, -0.1) is 0 Å². The standard InChI is InChI=1S/C16H12ClF3N2O2/c1-9(23)22(11-4-2-3-10(17)7-11)8-14(24)21-13-6-5-12(18)15(19)16(13)20/h2-7H,8H2,1H3,(H,21,24). The van der Waals surface area contributed by atoms with E-state index < -0.39 is 41.5 Å². The SMILES string of the molecule is CC(=O)N(CC(=O)Nc1ccc(F)c(F)c1F)c1cccc(Cl)c1. The van der Waals surface area contributed by atoms with Gasteiger partial charge in [-0.2, -0.15) is 0 Å². The Balaban J connectivity index is 2.18. The fourth-order valence-corrected chi connectivity index (χ4v) is 2.17. The average molecular weight is 357 g/mol. The summed E-state index contributed by atoms with van der Waals surface area (Å²) in [4.78, 5) is 24.9. The summed E-state index contributed by atoms with van der Waals surface area (Å²) in [7, 11) is 0. The molecule has 0 bridgehead atoms. The van der Waals surface area contributed by atoms with Gasteiger partial charge in [-0.1, -0.05) is 17.7 Å². The third kappa shape index (κ3) is 4.05. The third-order valence-electron chi connectivity index (χ3n) is 3.11. The fourth-order valence-electron chi connectivity index (χ4n) is 1.98. The van der Waals surface area contributed by atoms with Crippen LogP contribution in [-0.2, 0) is 9.59 Å². The molecule has 0 aliphatic carbocycles. The van der Waals surface area contributed by atoms with Crippen LogP contribution in [0.2, 0.25) is 5.02 Å². The lowest BCUT2D eigenvalue weighted by Crippen LogP contribution is -2.36. The van der Waals surface area contributed by atoms with Gasteiger partial charge < -0.3 is 10.2 Å². The molecule has 1 N–H and O–H groups in total. The molecule has 0 spiro atoms. The molecule has 0 fully saturated rings. The highest BCUT2D eigenvalue weighted by molar-refractivity contribution is 6.31. The van der Waals surface area contributed by atoms with Gasteiger partial charge in [0.1, 0.15) is 6.54 Å². The van der Waals surface area contributed by atoms with Crippen LogP contribution in [0.4, 0.5) is 24.5 Å². The van der Waals surface area contributed by atoms with Crippen molar-refractivity contribution in [3.05, 3.63) is 58.9 Å². The number of nitrogens with one attached hydrogen (secondary N) is 1. The molecule has 0 atom stereocenters. The van der Waals surface area contributed by atoms with Crippen molar-refractivity contribution in [2.45, 2.75) is 6.92 Å². The van der Waals surface area contributed by atoms with Crippen LogP contribution in [-0.4, -0.2) is 18.4 Å². The molecule has 2 rings (SSSR count). The molecule has 8 heteroatoms. The molecule has 0 aromatic heterocycles. The Morgan fingerprint density at radius 2 is 1.83 bits per heavy atom. The molecule has 2 aromatic carbocycles. The third-order valence-corrected chi connectivity index (χ3v) is 3.35. The van der Waals surface area contributed by atoms with Gasteiger partial charge in [0.15, 0.2) is 17.5 Å². The lowest BCUT2D eigenvalue weighted by Gasteiger charge is -2.21. The number of rotatable bonds is 4. The quantitative estimate of drug-likeness (QED) is 0.848. The van der Waals surface area contributed by atoms with E-state index in [0.29, 0.717) is 16.8 Å². The maximum Gasteiger partial charge on any atom is 0.244 e. The molecule has 0 aliphatic rings. The maximum atomic E-state index is 13.6. The molecule has 126 valence electrons. The van der Waals surface area contributed by atoms with Crippen LogP contribution in [0.1, 0.15) is 6.92 Å². The smallest absolute Gasteiger partial charge is 0.244 e. The lowest BCUT2D eigenvalue weighted by molar-refractivity contribution is -0.120. The number of nitrogens with zero attached hydrogens (tertiary/aromatic N) is 1. The Hall–Kier alpha value is -2.54. The Morgan fingerprint density at radius 3 is 2.46 bits per heavy atom. The zero-order chi connectivity index (χ0) is 17.9. The number of hydrogen-bond donors (Lipinski definition) is 1. The minimum absolute atomic E-state index is 0.366. The van der Waals surface area contributed by atoms with E-state index in [-0.39, 0.29) is 0 Å². The molecule has 2 aromatic rings. The molecule has 0 radical (unpaired) electrons. The summed E-state index contributed by atoms with van der Waals surface area (Å²) >= 11 is 5.85. The van der Waals surface area contributed by atoms with E-state index in [0.717, 1.165) is 11.0 Å². The van der Waals surface area contributed by atoms with E-state index >= 15 is 0 Å². The highest BCUT2D eigenvalue weighted by Crippen LogP contribution is 2.21. The minimum Gasteiger partial charge on any atom is -0.322 e. The van der Waals surface area contributed by atoms with Crippen molar-refractivity contribution >= 4 is 34.8 Å². The van der Waals surface area contributed by atoms with E-state index in [4.69, 9.17) is 11.6 Å². The summed E-state index contributed by atoms with van der Waals surface area (Å²) < 4.78 is 39.6. The summed E-state index contributed by atoms with van der Waals surface area (Å²) in [6.07, 6.45) is 0. The van der Waals surface area contributed by atoms with E-state index in [9.17, 15) is 22.8 Å². The molecule has 0 saturated heterocycles. The molecule has 0 saturated carbocycles. The Morgan fingerprint density at radius 1 is 1.12 bits per heavy atom. The highest BCUT2D eigenvalue weighted by Gasteiger charge is 2.19. The Kier molecular flexibility index (Phi) is 5.46. The first-order valence-electron chi connectivity index (χ1n) is 6.76. The summed E-state index contributed by atoms with van der Waals surface area (Å²) in [6, 6.07) is 7.82. The topological polar surface area (TPSA) is 49.4 Å².